The molecule has 0 aliphatic rings. The van der Waals surface area contributed by atoms with Crippen molar-refractivity contribution in [1.82, 2.24) is 20.1 Å². The standard InChI is InChI=1S/C12H18N4S/c1-3-13-11(12-8-17-9-14-12)5-10-6-15-16(4-2)7-10/h6-9,11,13H,3-5H2,1-2H3. The first-order valence-electron chi connectivity index (χ1n) is 5.96. The number of rotatable bonds is 6. The number of aromatic nitrogens is 3. The molecule has 0 saturated heterocycles. The van der Waals surface area contributed by atoms with E-state index in [4.69, 9.17) is 0 Å². The molecule has 0 bridgehead atoms. The fourth-order valence-electron chi connectivity index (χ4n) is 1.84. The van der Waals surface area contributed by atoms with Crippen LogP contribution in [0.25, 0.3) is 0 Å². The highest BCUT2D eigenvalue weighted by molar-refractivity contribution is 7.07. The molecule has 2 aromatic heterocycles. The van der Waals surface area contributed by atoms with Crippen molar-refractivity contribution in [2.45, 2.75) is 32.9 Å². The first-order valence-corrected chi connectivity index (χ1v) is 6.90. The third-order valence-corrected chi connectivity index (χ3v) is 3.31. The molecule has 17 heavy (non-hydrogen) atoms. The van der Waals surface area contributed by atoms with Crippen LogP contribution in [0.2, 0.25) is 0 Å². The average Bonchev–Trinajstić information content (AvgIpc) is 2.99. The second-order valence-electron chi connectivity index (χ2n) is 3.93. The summed E-state index contributed by atoms with van der Waals surface area (Å²) in [6, 6.07) is 0.292. The Morgan fingerprint density at radius 2 is 2.35 bits per heavy atom. The molecule has 1 atom stereocenters. The van der Waals surface area contributed by atoms with Crippen molar-refractivity contribution in [3.05, 3.63) is 34.5 Å². The van der Waals surface area contributed by atoms with Crippen molar-refractivity contribution >= 4 is 11.3 Å². The Hall–Kier alpha value is -1.20. The third kappa shape index (κ3) is 3.14. The third-order valence-electron chi connectivity index (χ3n) is 2.71. The smallest absolute Gasteiger partial charge is 0.0795 e. The summed E-state index contributed by atoms with van der Waals surface area (Å²) in [5.41, 5.74) is 4.27. The molecule has 1 N–H and O–H groups in total. The van der Waals surface area contributed by atoms with Crippen molar-refractivity contribution in [3.8, 4) is 0 Å². The second-order valence-corrected chi connectivity index (χ2v) is 4.65. The van der Waals surface area contributed by atoms with Gasteiger partial charge in [-0.05, 0) is 25.5 Å². The molecule has 2 rings (SSSR count). The van der Waals surface area contributed by atoms with Gasteiger partial charge in [-0.25, -0.2) is 4.98 Å². The predicted molar refractivity (Wildman–Crippen MR) is 70.1 cm³/mol. The van der Waals surface area contributed by atoms with Crippen LogP contribution in [0.3, 0.4) is 0 Å². The summed E-state index contributed by atoms with van der Waals surface area (Å²) in [6.07, 6.45) is 4.99. The Balaban J connectivity index is 2.07. The van der Waals surface area contributed by atoms with Crippen LogP contribution in [0.4, 0.5) is 0 Å². The zero-order valence-electron chi connectivity index (χ0n) is 10.3. The average molecular weight is 250 g/mol. The minimum absolute atomic E-state index is 0.292. The van der Waals surface area contributed by atoms with Gasteiger partial charge in [-0.15, -0.1) is 11.3 Å². The van der Waals surface area contributed by atoms with E-state index >= 15 is 0 Å². The van der Waals surface area contributed by atoms with Gasteiger partial charge in [0.2, 0.25) is 0 Å². The van der Waals surface area contributed by atoms with Crippen molar-refractivity contribution in [1.29, 1.82) is 0 Å². The SMILES string of the molecule is CCNC(Cc1cnn(CC)c1)c1cscn1. The van der Waals surface area contributed by atoms with E-state index in [1.165, 1.54) is 5.56 Å². The van der Waals surface area contributed by atoms with Crippen molar-refractivity contribution < 1.29 is 0 Å². The highest BCUT2D eigenvalue weighted by Gasteiger charge is 2.13. The van der Waals surface area contributed by atoms with Gasteiger partial charge in [-0.2, -0.15) is 5.10 Å². The maximum Gasteiger partial charge on any atom is 0.0795 e. The molecule has 1 unspecified atom stereocenters. The minimum Gasteiger partial charge on any atom is -0.309 e. The molecule has 2 heterocycles. The number of hydrogen-bond donors (Lipinski definition) is 1. The van der Waals surface area contributed by atoms with Gasteiger partial charge >= 0.3 is 0 Å². The molecule has 0 aliphatic heterocycles. The van der Waals surface area contributed by atoms with E-state index in [1.807, 2.05) is 16.4 Å². The molecule has 0 fully saturated rings. The van der Waals surface area contributed by atoms with E-state index in [-0.39, 0.29) is 0 Å². The maximum absolute atomic E-state index is 4.39. The largest absolute Gasteiger partial charge is 0.309 e. The van der Waals surface area contributed by atoms with Crippen LogP contribution in [0.5, 0.6) is 0 Å². The molecule has 0 saturated carbocycles. The van der Waals surface area contributed by atoms with Crippen molar-refractivity contribution in [3.63, 3.8) is 0 Å². The number of nitrogens with zero attached hydrogens (tertiary/aromatic N) is 3. The van der Waals surface area contributed by atoms with Gasteiger partial charge in [0.15, 0.2) is 0 Å². The van der Waals surface area contributed by atoms with Crippen molar-refractivity contribution in [2.24, 2.45) is 0 Å². The van der Waals surface area contributed by atoms with Gasteiger partial charge in [-0.3, -0.25) is 4.68 Å². The summed E-state index contributed by atoms with van der Waals surface area (Å²) < 4.78 is 1.96. The quantitative estimate of drug-likeness (QED) is 0.855. The van der Waals surface area contributed by atoms with Crippen LogP contribution in [-0.2, 0) is 13.0 Å². The number of thiazole rings is 1. The Morgan fingerprint density at radius 1 is 1.47 bits per heavy atom. The van der Waals surface area contributed by atoms with Gasteiger partial charge in [0.1, 0.15) is 0 Å². The highest BCUT2D eigenvalue weighted by atomic mass is 32.1. The lowest BCUT2D eigenvalue weighted by Crippen LogP contribution is -2.23. The predicted octanol–water partition coefficient (Wildman–Crippen LogP) is 2.25. The molecule has 2 aromatic rings. The number of aryl methyl sites for hydroxylation is 1. The minimum atomic E-state index is 0.292. The lowest BCUT2D eigenvalue weighted by atomic mass is 10.1. The molecule has 0 aliphatic carbocycles. The van der Waals surface area contributed by atoms with Gasteiger partial charge in [0.25, 0.3) is 0 Å². The van der Waals surface area contributed by atoms with Gasteiger partial charge in [0.05, 0.1) is 23.4 Å². The Kier molecular flexibility index (Phi) is 4.28. The van der Waals surface area contributed by atoms with Crippen LogP contribution < -0.4 is 5.32 Å². The lowest BCUT2D eigenvalue weighted by Gasteiger charge is -2.14. The Bertz CT molecular complexity index is 435. The van der Waals surface area contributed by atoms with Gasteiger partial charge < -0.3 is 5.32 Å². The Morgan fingerprint density at radius 3 is 2.94 bits per heavy atom. The zero-order chi connectivity index (χ0) is 12.1. The van der Waals surface area contributed by atoms with Gasteiger partial charge in [0, 0.05) is 18.1 Å². The molecule has 92 valence electrons. The van der Waals surface area contributed by atoms with E-state index in [0.29, 0.717) is 6.04 Å². The van der Waals surface area contributed by atoms with Gasteiger partial charge in [-0.1, -0.05) is 6.92 Å². The van der Waals surface area contributed by atoms with Crippen LogP contribution >= 0.6 is 11.3 Å². The van der Waals surface area contributed by atoms with Crippen LogP contribution in [0, 0.1) is 0 Å². The summed E-state index contributed by atoms with van der Waals surface area (Å²) in [7, 11) is 0. The molecule has 0 amide bonds. The molecule has 0 aromatic carbocycles. The number of likely N-dealkylation sites (N-methyl/N-ethyl adjacent to an activating group) is 1. The number of hydrogen-bond acceptors (Lipinski definition) is 4. The zero-order valence-corrected chi connectivity index (χ0v) is 11.1. The summed E-state index contributed by atoms with van der Waals surface area (Å²) in [6.45, 7) is 6.08. The number of nitrogens with one attached hydrogen (secondary N) is 1. The fourth-order valence-corrected chi connectivity index (χ4v) is 2.45. The topological polar surface area (TPSA) is 42.7 Å². The van der Waals surface area contributed by atoms with E-state index in [9.17, 15) is 0 Å². The summed E-state index contributed by atoms with van der Waals surface area (Å²) >= 11 is 1.64. The molecular formula is C12H18N4S. The van der Waals surface area contributed by atoms with E-state index < -0.39 is 0 Å². The summed E-state index contributed by atoms with van der Waals surface area (Å²) in [5.74, 6) is 0. The monoisotopic (exact) mass is 250 g/mol. The highest BCUT2D eigenvalue weighted by Crippen LogP contribution is 2.18. The lowest BCUT2D eigenvalue weighted by molar-refractivity contribution is 0.539. The first kappa shape index (κ1) is 12.3. The van der Waals surface area contributed by atoms with E-state index in [2.05, 4.69) is 40.8 Å². The summed E-state index contributed by atoms with van der Waals surface area (Å²) in [5, 5.41) is 9.88. The maximum atomic E-state index is 4.39. The fraction of sp³-hybridized carbons (Fsp3) is 0.500. The van der Waals surface area contributed by atoms with E-state index in [1.54, 1.807) is 11.3 Å². The van der Waals surface area contributed by atoms with Crippen LogP contribution in [0.15, 0.2) is 23.3 Å². The van der Waals surface area contributed by atoms with Crippen LogP contribution in [0.1, 0.15) is 31.1 Å². The molecular weight excluding hydrogens is 232 g/mol. The van der Waals surface area contributed by atoms with E-state index in [0.717, 1.165) is 25.2 Å². The first-order chi connectivity index (χ1) is 8.33. The molecule has 5 heteroatoms. The Labute approximate surface area is 106 Å². The van der Waals surface area contributed by atoms with Crippen molar-refractivity contribution in [2.75, 3.05) is 6.54 Å². The van der Waals surface area contributed by atoms with Crippen LogP contribution in [-0.4, -0.2) is 21.3 Å². The molecule has 0 radical (unpaired) electrons. The summed E-state index contributed by atoms with van der Waals surface area (Å²) in [4.78, 5) is 4.39. The molecule has 4 nitrogen and oxygen atoms in total. The normalized spacial score (nSPS) is 12.8. The second kappa shape index (κ2) is 5.93. The molecule has 0 spiro atoms.